The monoisotopic (exact) mass is 266 g/mol. The molecule has 0 aliphatic carbocycles. The molecule has 0 saturated heterocycles. The van der Waals surface area contributed by atoms with E-state index in [2.05, 4.69) is 10.1 Å². The summed E-state index contributed by atoms with van der Waals surface area (Å²) in [6.45, 7) is 0.846. The summed E-state index contributed by atoms with van der Waals surface area (Å²) in [5, 5.41) is 3.95. The maximum atomic E-state index is 5.56. The van der Waals surface area contributed by atoms with Gasteiger partial charge in [0, 0.05) is 5.56 Å². The highest BCUT2D eigenvalue weighted by Crippen LogP contribution is 2.15. The third kappa shape index (κ3) is 3.10. The third-order valence-corrected chi connectivity index (χ3v) is 2.84. The zero-order chi connectivity index (χ0) is 13.6. The lowest BCUT2D eigenvalue weighted by atomic mass is 10.2. The van der Waals surface area contributed by atoms with Crippen molar-refractivity contribution in [3.8, 4) is 11.4 Å². The van der Waals surface area contributed by atoms with Gasteiger partial charge >= 0.3 is 0 Å². The Morgan fingerprint density at radius 2 is 1.55 bits per heavy atom. The van der Waals surface area contributed by atoms with Crippen LogP contribution < -0.4 is 0 Å². The van der Waals surface area contributed by atoms with Crippen LogP contribution in [0.5, 0.6) is 0 Å². The van der Waals surface area contributed by atoms with Gasteiger partial charge in [0.2, 0.25) is 5.82 Å². The molecule has 0 saturated carbocycles. The minimum Gasteiger partial charge on any atom is -0.367 e. The smallest absolute Gasteiger partial charge is 0.252 e. The normalized spacial score (nSPS) is 10.6. The molecule has 0 unspecified atom stereocenters. The van der Waals surface area contributed by atoms with E-state index in [0.717, 1.165) is 11.1 Å². The molecule has 0 fully saturated rings. The average Bonchev–Trinajstić information content (AvgIpc) is 2.98. The van der Waals surface area contributed by atoms with Crippen molar-refractivity contribution in [1.29, 1.82) is 0 Å². The van der Waals surface area contributed by atoms with Crippen LogP contribution in [0.1, 0.15) is 11.5 Å². The SMILES string of the molecule is c1ccc(COCc2nc(-c3ccccc3)no2)cc1. The lowest BCUT2D eigenvalue weighted by molar-refractivity contribution is 0.0850. The van der Waals surface area contributed by atoms with E-state index in [-0.39, 0.29) is 0 Å². The van der Waals surface area contributed by atoms with Crippen LogP contribution in [-0.2, 0) is 18.0 Å². The van der Waals surface area contributed by atoms with Gasteiger partial charge in [0.15, 0.2) is 0 Å². The lowest BCUT2D eigenvalue weighted by Crippen LogP contribution is -1.94. The van der Waals surface area contributed by atoms with Crippen molar-refractivity contribution >= 4 is 0 Å². The molecule has 0 aliphatic rings. The van der Waals surface area contributed by atoms with Gasteiger partial charge in [-0.1, -0.05) is 65.8 Å². The van der Waals surface area contributed by atoms with Crippen molar-refractivity contribution in [2.45, 2.75) is 13.2 Å². The van der Waals surface area contributed by atoms with E-state index in [4.69, 9.17) is 9.26 Å². The number of hydrogen-bond donors (Lipinski definition) is 0. The minimum absolute atomic E-state index is 0.314. The first-order valence-corrected chi connectivity index (χ1v) is 6.41. The molecule has 100 valence electrons. The molecule has 0 radical (unpaired) electrons. The fourth-order valence-electron chi connectivity index (χ4n) is 1.85. The number of hydrogen-bond acceptors (Lipinski definition) is 4. The molecular formula is C16H14N2O2. The van der Waals surface area contributed by atoms with Crippen LogP contribution in [0.2, 0.25) is 0 Å². The van der Waals surface area contributed by atoms with Crippen molar-refractivity contribution in [3.63, 3.8) is 0 Å². The molecular weight excluding hydrogens is 252 g/mol. The van der Waals surface area contributed by atoms with Gasteiger partial charge in [-0.25, -0.2) is 0 Å². The third-order valence-electron chi connectivity index (χ3n) is 2.84. The second kappa shape index (κ2) is 6.12. The summed E-state index contributed by atoms with van der Waals surface area (Å²) in [6.07, 6.45) is 0. The van der Waals surface area contributed by atoms with Crippen LogP contribution in [-0.4, -0.2) is 10.1 Å². The molecule has 20 heavy (non-hydrogen) atoms. The van der Waals surface area contributed by atoms with Crippen LogP contribution in [0.3, 0.4) is 0 Å². The molecule has 1 aromatic heterocycles. The molecule has 0 bridgehead atoms. The van der Waals surface area contributed by atoms with E-state index < -0.39 is 0 Å². The van der Waals surface area contributed by atoms with E-state index in [0.29, 0.717) is 24.9 Å². The van der Waals surface area contributed by atoms with E-state index in [1.807, 2.05) is 60.7 Å². The van der Waals surface area contributed by atoms with Crippen LogP contribution in [0.4, 0.5) is 0 Å². The van der Waals surface area contributed by atoms with Crippen LogP contribution in [0.15, 0.2) is 65.2 Å². The summed E-state index contributed by atoms with van der Waals surface area (Å²) in [5.41, 5.74) is 2.06. The zero-order valence-corrected chi connectivity index (χ0v) is 10.9. The molecule has 2 aromatic carbocycles. The Bertz CT molecular complexity index is 651. The molecule has 4 nitrogen and oxygen atoms in total. The number of ether oxygens (including phenoxy) is 1. The standard InChI is InChI=1S/C16H14N2O2/c1-3-7-13(8-4-1)11-19-12-15-17-16(18-20-15)14-9-5-2-6-10-14/h1-10H,11-12H2. The molecule has 3 rings (SSSR count). The van der Waals surface area contributed by atoms with E-state index in [9.17, 15) is 0 Å². The van der Waals surface area contributed by atoms with Gasteiger partial charge in [0.05, 0.1) is 6.61 Å². The number of aromatic nitrogens is 2. The van der Waals surface area contributed by atoms with Crippen molar-refractivity contribution in [1.82, 2.24) is 10.1 Å². The van der Waals surface area contributed by atoms with Crippen molar-refractivity contribution in [2.75, 3.05) is 0 Å². The van der Waals surface area contributed by atoms with Gasteiger partial charge in [0.25, 0.3) is 5.89 Å². The van der Waals surface area contributed by atoms with Crippen molar-refractivity contribution in [3.05, 3.63) is 72.1 Å². The second-order valence-corrected chi connectivity index (χ2v) is 4.36. The van der Waals surface area contributed by atoms with Crippen LogP contribution >= 0.6 is 0 Å². The van der Waals surface area contributed by atoms with Crippen LogP contribution in [0, 0.1) is 0 Å². The maximum absolute atomic E-state index is 5.56. The van der Waals surface area contributed by atoms with Gasteiger partial charge in [-0.15, -0.1) is 0 Å². The highest BCUT2D eigenvalue weighted by molar-refractivity contribution is 5.53. The van der Waals surface area contributed by atoms with Crippen LogP contribution in [0.25, 0.3) is 11.4 Å². The first-order valence-electron chi connectivity index (χ1n) is 6.41. The maximum Gasteiger partial charge on any atom is 0.252 e. The topological polar surface area (TPSA) is 48.2 Å². The number of rotatable bonds is 5. The second-order valence-electron chi connectivity index (χ2n) is 4.36. The summed E-state index contributed by atoms with van der Waals surface area (Å²) >= 11 is 0. The fraction of sp³-hybridized carbons (Fsp3) is 0.125. The molecule has 3 aromatic rings. The molecule has 4 heteroatoms. The van der Waals surface area contributed by atoms with Gasteiger partial charge in [-0.05, 0) is 5.56 Å². The van der Waals surface area contributed by atoms with E-state index >= 15 is 0 Å². The molecule has 0 atom stereocenters. The Kier molecular flexibility index (Phi) is 3.85. The highest BCUT2D eigenvalue weighted by atomic mass is 16.5. The summed E-state index contributed by atoms with van der Waals surface area (Å²) in [5.74, 6) is 1.07. The summed E-state index contributed by atoms with van der Waals surface area (Å²) < 4.78 is 10.7. The Morgan fingerprint density at radius 3 is 2.30 bits per heavy atom. The Balaban J connectivity index is 1.58. The van der Waals surface area contributed by atoms with Gasteiger partial charge in [-0.3, -0.25) is 0 Å². The van der Waals surface area contributed by atoms with E-state index in [1.165, 1.54) is 0 Å². The lowest BCUT2D eigenvalue weighted by Gasteiger charge is -2.00. The first-order chi connectivity index (χ1) is 9.92. The minimum atomic E-state index is 0.314. The number of nitrogens with zero attached hydrogens (tertiary/aromatic N) is 2. The summed E-state index contributed by atoms with van der Waals surface area (Å²) in [7, 11) is 0. The zero-order valence-electron chi connectivity index (χ0n) is 10.9. The van der Waals surface area contributed by atoms with Crippen molar-refractivity contribution in [2.24, 2.45) is 0 Å². The summed E-state index contributed by atoms with van der Waals surface area (Å²) in [4.78, 5) is 4.31. The fourth-order valence-corrected chi connectivity index (χ4v) is 1.85. The van der Waals surface area contributed by atoms with Gasteiger partial charge in [-0.2, -0.15) is 4.98 Å². The molecule has 0 aliphatic heterocycles. The van der Waals surface area contributed by atoms with Gasteiger partial charge < -0.3 is 9.26 Å². The van der Waals surface area contributed by atoms with Crippen molar-refractivity contribution < 1.29 is 9.26 Å². The van der Waals surface area contributed by atoms with Gasteiger partial charge in [0.1, 0.15) is 6.61 Å². The molecule has 1 heterocycles. The molecule has 0 amide bonds. The predicted molar refractivity (Wildman–Crippen MR) is 74.7 cm³/mol. The molecule has 0 N–H and O–H groups in total. The average molecular weight is 266 g/mol. The Labute approximate surface area is 117 Å². The number of benzene rings is 2. The Morgan fingerprint density at radius 1 is 0.850 bits per heavy atom. The largest absolute Gasteiger partial charge is 0.367 e. The van der Waals surface area contributed by atoms with E-state index in [1.54, 1.807) is 0 Å². The highest BCUT2D eigenvalue weighted by Gasteiger charge is 2.07. The summed E-state index contributed by atoms with van der Waals surface area (Å²) in [6, 6.07) is 19.7. The molecule has 0 spiro atoms. The Hall–Kier alpha value is -2.46. The quantitative estimate of drug-likeness (QED) is 0.709. The first kappa shape index (κ1) is 12.6. The predicted octanol–water partition coefficient (Wildman–Crippen LogP) is 3.45.